The van der Waals surface area contributed by atoms with E-state index in [1.165, 1.54) is 6.08 Å². The van der Waals surface area contributed by atoms with E-state index < -0.39 is 5.91 Å². The molecule has 0 aromatic heterocycles. The number of halogens is 3. The van der Waals surface area contributed by atoms with E-state index in [-0.39, 0.29) is 5.57 Å². The number of ether oxygens (including phenoxy) is 1. The molecule has 0 spiro atoms. The predicted molar refractivity (Wildman–Crippen MR) is 130 cm³/mol. The maximum absolute atomic E-state index is 12.4. The van der Waals surface area contributed by atoms with Crippen molar-refractivity contribution in [3.05, 3.63) is 103 Å². The molecule has 0 heterocycles. The third-order valence-electron chi connectivity index (χ3n) is 4.26. The number of nitrogens with one attached hydrogen (secondary N) is 1. The highest BCUT2D eigenvalue weighted by atomic mass is 79.9. The second-order valence-electron chi connectivity index (χ2n) is 6.57. The van der Waals surface area contributed by atoms with Gasteiger partial charge >= 0.3 is 0 Å². The minimum Gasteiger partial charge on any atom is -0.487 e. The summed E-state index contributed by atoms with van der Waals surface area (Å²) in [5, 5.41) is 12.9. The lowest BCUT2D eigenvalue weighted by atomic mass is 10.1. The van der Waals surface area contributed by atoms with Crippen LogP contribution in [0.4, 0.5) is 0 Å². The Bertz CT molecular complexity index is 1130. The molecule has 3 aromatic carbocycles. The van der Waals surface area contributed by atoms with E-state index in [9.17, 15) is 10.1 Å². The molecule has 1 N–H and O–H groups in total. The molecule has 0 saturated carbocycles. The molecule has 0 radical (unpaired) electrons. The molecular weight excluding hydrogens is 544 g/mol. The van der Waals surface area contributed by atoms with Gasteiger partial charge in [0, 0.05) is 11.6 Å². The van der Waals surface area contributed by atoms with Crippen LogP contribution in [-0.2, 0) is 17.9 Å². The molecule has 0 aliphatic heterocycles. The van der Waals surface area contributed by atoms with E-state index in [0.717, 1.165) is 11.1 Å². The van der Waals surface area contributed by atoms with E-state index >= 15 is 0 Å². The van der Waals surface area contributed by atoms with Crippen LogP contribution in [0, 0.1) is 11.3 Å². The topological polar surface area (TPSA) is 62.1 Å². The van der Waals surface area contributed by atoms with Crippen LogP contribution in [0.3, 0.4) is 0 Å². The Morgan fingerprint density at radius 3 is 2.35 bits per heavy atom. The van der Waals surface area contributed by atoms with Crippen molar-refractivity contribution in [1.29, 1.82) is 5.26 Å². The van der Waals surface area contributed by atoms with E-state index in [1.807, 2.05) is 54.6 Å². The smallest absolute Gasteiger partial charge is 0.262 e. The van der Waals surface area contributed by atoms with Gasteiger partial charge in [0.15, 0.2) is 0 Å². The molecule has 3 aromatic rings. The number of benzene rings is 3. The summed E-state index contributed by atoms with van der Waals surface area (Å²) in [6.07, 6.45) is 1.54. The zero-order chi connectivity index (χ0) is 22.2. The monoisotopic (exact) mass is 558 g/mol. The van der Waals surface area contributed by atoms with Gasteiger partial charge in [-0.3, -0.25) is 4.79 Å². The number of amides is 1. The first-order chi connectivity index (χ1) is 15.0. The van der Waals surface area contributed by atoms with Crippen LogP contribution in [0.5, 0.6) is 5.75 Å². The van der Waals surface area contributed by atoms with Gasteiger partial charge in [0.1, 0.15) is 24.0 Å². The molecule has 0 fully saturated rings. The fourth-order valence-electron chi connectivity index (χ4n) is 2.77. The van der Waals surface area contributed by atoms with Crippen molar-refractivity contribution in [1.82, 2.24) is 5.32 Å². The molecule has 0 atom stereocenters. The van der Waals surface area contributed by atoms with E-state index in [0.29, 0.717) is 38.4 Å². The highest BCUT2D eigenvalue weighted by Crippen LogP contribution is 2.36. The number of hydrogen-bond acceptors (Lipinski definition) is 3. The van der Waals surface area contributed by atoms with Crippen molar-refractivity contribution in [3.8, 4) is 11.8 Å². The molecular formula is C24H17Br2ClN2O2. The summed E-state index contributed by atoms with van der Waals surface area (Å²) in [6, 6.07) is 22.5. The van der Waals surface area contributed by atoms with Gasteiger partial charge in [-0.2, -0.15) is 5.26 Å². The lowest BCUT2D eigenvalue weighted by Gasteiger charge is -2.12. The van der Waals surface area contributed by atoms with Crippen molar-refractivity contribution in [2.45, 2.75) is 13.2 Å². The number of hydrogen-bond donors (Lipinski definition) is 1. The standard InChI is InChI=1S/C24H17Br2ClN2O2/c25-21-11-18(9-19(13-28)24(30)29-14-16-5-2-1-3-6-16)12-22(26)23(21)31-15-17-7-4-8-20(27)10-17/h1-12H,14-15H2,(H,29,30)/b19-9+. The summed E-state index contributed by atoms with van der Waals surface area (Å²) in [5.41, 5.74) is 2.60. The van der Waals surface area contributed by atoms with Crippen LogP contribution >= 0.6 is 43.5 Å². The lowest BCUT2D eigenvalue weighted by Crippen LogP contribution is -2.23. The summed E-state index contributed by atoms with van der Waals surface area (Å²) in [6.45, 7) is 0.695. The summed E-state index contributed by atoms with van der Waals surface area (Å²) >= 11 is 13.0. The Labute approximate surface area is 202 Å². The lowest BCUT2D eigenvalue weighted by molar-refractivity contribution is -0.117. The highest BCUT2D eigenvalue weighted by Gasteiger charge is 2.12. The average molecular weight is 561 g/mol. The van der Waals surface area contributed by atoms with E-state index in [2.05, 4.69) is 37.2 Å². The number of nitrogens with zero attached hydrogens (tertiary/aromatic N) is 1. The molecule has 0 aliphatic rings. The first-order valence-corrected chi connectivity index (χ1v) is 11.2. The molecule has 1 amide bonds. The van der Waals surface area contributed by atoms with Gasteiger partial charge in [0.05, 0.1) is 8.95 Å². The Morgan fingerprint density at radius 2 is 1.71 bits per heavy atom. The number of carbonyl (C=O) groups is 1. The van der Waals surface area contributed by atoms with Gasteiger partial charge in [-0.05, 0) is 78.9 Å². The Hall–Kier alpha value is -2.59. The van der Waals surface area contributed by atoms with Gasteiger partial charge in [-0.25, -0.2) is 0 Å². The summed E-state index contributed by atoms with van der Waals surface area (Å²) in [7, 11) is 0. The molecule has 7 heteroatoms. The van der Waals surface area contributed by atoms with Crippen LogP contribution in [0.15, 0.2) is 81.2 Å². The molecule has 0 saturated heterocycles. The zero-order valence-electron chi connectivity index (χ0n) is 16.2. The largest absolute Gasteiger partial charge is 0.487 e. The Morgan fingerprint density at radius 1 is 1.03 bits per heavy atom. The fourth-order valence-corrected chi connectivity index (χ4v) is 4.44. The van der Waals surface area contributed by atoms with Crippen molar-refractivity contribution in [2.75, 3.05) is 0 Å². The first-order valence-electron chi connectivity index (χ1n) is 9.26. The van der Waals surface area contributed by atoms with E-state index in [4.69, 9.17) is 16.3 Å². The minimum absolute atomic E-state index is 0.0160. The SMILES string of the molecule is N#C/C(=C\c1cc(Br)c(OCc2cccc(Cl)c2)c(Br)c1)C(=O)NCc1ccccc1. The molecule has 0 unspecified atom stereocenters. The van der Waals surface area contributed by atoms with Gasteiger partial charge in [0.2, 0.25) is 0 Å². The van der Waals surface area contributed by atoms with Crippen molar-refractivity contribution in [2.24, 2.45) is 0 Å². The molecule has 4 nitrogen and oxygen atoms in total. The summed E-state index contributed by atoms with van der Waals surface area (Å²) in [4.78, 5) is 12.4. The first kappa shape index (κ1) is 23.1. The van der Waals surface area contributed by atoms with Crippen LogP contribution < -0.4 is 10.1 Å². The van der Waals surface area contributed by atoms with Crippen molar-refractivity contribution in [3.63, 3.8) is 0 Å². The molecule has 0 bridgehead atoms. The van der Waals surface area contributed by atoms with Crippen LogP contribution in [0.1, 0.15) is 16.7 Å². The number of nitriles is 1. The molecule has 31 heavy (non-hydrogen) atoms. The zero-order valence-corrected chi connectivity index (χ0v) is 20.2. The third kappa shape index (κ3) is 6.70. The maximum Gasteiger partial charge on any atom is 0.262 e. The third-order valence-corrected chi connectivity index (χ3v) is 5.68. The van der Waals surface area contributed by atoms with Crippen LogP contribution in [0.25, 0.3) is 6.08 Å². The second kappa shape index (κ2) is 11.1. The molecule has 3 rings (SSSR count). The fraction of sp³-hybridized carbons (Fsp3) is 0.0833. The van der Waals surface area contributed by atoms with Gasteiger partial charge in [-0.1, -0.05) is 54.1 Å². The van der Waals surface area contributed by atoms with Crippen LogP contribution in [0.2, 0.25) is 5.02 Å². The van der Waals surface area contributed by atoms with Gasteiger partial charge in [0.25, 0.3) is 5.91 Å². The maximum atomic E-state index is 12.4. The molecule has 0 aliphatic carbocycles. The average Bonchev–Trinajstić information content (AvgIpc) is 2.76. The summed E-state index contributed by atoms with van der Waals surface area (Å²) in [5.74, 6) is 0.184. The van der Waals surface area contributed by atoms with E-state index in [1.54, 1.807) is 18.2 Å². The number of carbonyl (C=O) groups excluding carboxylic acids is 1. The number of rotatable bonds is 7. The van der Waals surface area contributed by atoms with Gasteiger partial charge < -0.3 is 10.1 Å². The second-order valence-corrected chi connectivity index (χ2v) is 8.72. The van der Waals surface area contributed by atoms with Crippen molar-refractivity contribution < 1.29 is 9.53 Å². The quantitative estimate of drug-likeness (QED) is 0.259. The molecule has 156 valence electrons. The highest BCUT2D eigenvalue weighted by molar-refractivity contribution is 9.11. The van der Waals surface area contributed by atoms with Gasteiger partial charge in [-0.15, -0.1) is 0 Å². The normalized spacial score (nSPS) is 11.0. The predicted octanol–water partition coefficient (Wildman–Crippen LogP) is 6.67. The minimum atomic E-state index is -0.431. The summed E-state index contributed by atoms with van der Waals surface area (Å²) < 4.78 is 7.30. The Balaban J connectivity index is 1.71. The Kier molecular flexibility index (Phi) is 8.30. The van der Waals surface area contributed by atoms with Crippen molar-refractivity contribution >= 4 is 55.4 Å². The van der Waals surface area contributed by atoms with Crippen LogP contribution in [-0.4, -0.2) is 5.91 Å².